The zero-order valence-corrected chi connectivity index (χ0v) is 17.5. The second kappa shape index (κ2) is 8.51. The van der Waals surface area contributed by atoms with Gasteiger partial charge in [0.25, 0.3) is 5.91 Å². The Morgan fingerprint density at radius 2 is 1.89 bits per heavy atom. The summed E-state index contributed by atoms with van der Waals surface area (Å²) < 4.78 is 13.5. The van der Waals surface area contributed by atoms with E-state index >= 15 is 0 Å². The molecule has 2 aromatic heterocycles. The molecule has 0 spiro atoms. The SMILES string of the molecule is COCCn1c(C(=O)N2CCN(Cc3ccccc3)CC2)cc2oc(Br)cc21. The first-order valence-electron chi connectivity index (χ1n) is 9.49. The maximum atomic E-state index is 13.2. The van der Waals surface area contributed by atoms with Gasteiger partial charge < -0.3 is 18.6 Å². The first kappa shape index (κ1) is 19.2. The number of fused-ring (bicyclic) bond motifs is 1. The number of ether oxygens (including phenoxy) is 1. The van der Waals surface area contributed by atoms with Gasteiger partial charge in [-0.2, -0.15) is 0 Å². The highest BCUT2D eigenvalue weighted by atomic mass is 79.9. The Hall–Kier alpha value is -2.09. The van der Waals surface area contributed by atoms with Crippen LogP contribution >= 0.6 is 15.9 Å². The van der Waals surface area contributed by atoms with Crippen LogP contribution in [0.15, 0.2) is 51.6 Å². The van der Waals surface area contributed by atoms with Gasteiger partial charge in [0.05, 0.1) is 12.1 Å². The van der Waals surface area contributed by atoms with Gasteiger partial charge in [-0.3, -0.25) is 9.69 Å². The fraction of sp³-hybridized carbons (Fsp3) is 0.381. The highest BCUT2D eigenvalue weighted by Crippen LogP contribution is 2.28. The summed E-state index contributed by atoms with van der Waals surface area (Å²) in [5.74, 6) is 0.0537. The number of nitrogens with zero attached hydrogens (tertiary/aromatic N) is 3. The summed E-state index contributed by atoms with van der Waals surface area (Å²) in [6, 6.07) is 14.2. The lowest BCUT2D eigenvalue weighted by Crippen LogP contribution is -2.48. The number of hydrogen-bond donors (Lipinski definition) is 0. The van der Waals surface area contributed by atoms with Crippen molar-refractivity contribution in [2.75, 3.05) is 39.9 Å². The molecular weight excluding hydrogens is 422 g/mol. The highest BCUT2D eigenvalue weighted by Gasteiger charge is 2.26. The summed E-state index contributed by atoms with van der Waals surface area (Å²) in [6.45, 7) is 5.29. The Labute approximate surface area is 172 Å². The normalized spacial score (nSPS) is 15.4. The van der Waals surface area contributed by atoms with Crippen molar-refractivity contribution < 1.29 is 13.9 Å². The number of hydrogen-bond acceptors (Lipinski definition) is 4. The lowest BCUT2D eigenvalue weighted by atomic mass is 10.2. The molecule has 0 atom stereocenters. The Kier molecular flexibility index (Phi) is 5.85. The number of amides is 1. The minimum atomic E-state index is 0.0537. The zero-order valence-electron chi connectivity index (χ0n) is 15.9. The number of carbonyl (C=O) groups excluding carboxylic acids is 1. The number of carbonyl (C=O) groups is 1. The van der Waals surface area contributed by atoms with Gasteiger partial charge in [0.1, 0.15) is 5.69 Å². The predicted octanol–water partition coefficient (Wildman–Crippen LogP) is 3.60. The van der Waals surface area contributed by atoms with Crippen LogP contribution in [0.3, 0.4) is 0 Å². The lowest BCUT2D eigenvalue weighted by molar-refractivity contribution is 0.0616. The highest BCUT2D eigenvalue weighted by molar-refractivity contribution is 9.10. The number of aromatic nitrogens is 1. The lowest BCUT2D eigenvalue weighted by Gasteiger charge is -2.34. The Morgan fingerprint density at radius 3 is 2.61 bits per heavy atom. The molecule has 6 nitrogen and oxygen atoms in total. The molecule has 148 valence electrons. The summed E-state index contributed by atoms with van der Waals surface area (Å²) in [5, 5.41) is 0. The van der Waals surface area contributed by atoms with Crippen molar-refractivity contribution in [3.8, 4) is 0 Å². The molecule has 0 saturated carbocycles. The zero-order chi connectivity index (χ0) is 19.5. The van der Waals surface area contributed by atoms with E-state index in [1.54, 1.807) is 7.11 Å². The minimum Gasteiger partial charge on any atom is -0.448 e. The molecule has 3 aromatic rings. The molecule has 7 heteroatoms. The van der Waals surface area contributed by atoms with E-state index in [9.17, 15) is 4.79 Å². The van der Waals surface area contributed by atoms with Gasteiger partial charge >= 0.3 is 0 Å². The predicted molar refractivity (Wildman–Crippen MR) is 111 cm³/mol. The van der Waals surface area contributed by atoms with Crippen molar-refractivity contribution in [3.05, 3.63) is 58.4 Å². The Balaban J connectivity index is 1.45. The molecule has 4 rings (SSSR count). The summed E-state index contributed by atoms with van der Waals surface area (Å²) in [5.41, 5.74) is 3.60. The van der Waals surface area contributed by atoms with Gasteiger partial charge in [-0.15, -0.1) is 0 Å². The summed E-state index contributed by atoms with van der Waals surface area (Å²) in [4.78, 5) is 17.5. The molecule has 0 bridgehead atoms. The fourth-order valence-electron chi connectivity index (χ4n) is 3.72. The summed E-state index contributed by atoms with van der Waals surface area (Å²) >= 11 is 3.37. The van der Waals surface area contributed by atoms with E-state index in [2.05, 4.69) is 45.1 Å². The molecule has 1 aromatic carbocycles. The molecule has 1 aliphatic heterocycles. The number of benzene rings is 1. The molecule has 1 aliphatic rings. The topological polar surface area (TPSA) is 50.9 Å². The van der Waals surface area contributed by atoms with E-state index in [1.165, 1.54) is 5.56 Å². The van der Waals surface area contributed by atoms with Crippen molar-refractivity contribution in [1.82, 2.24) is 14.4 Å². The van der Waals surface area contributed by atoms with Crippen molar-refractivity contribution in [2.24, 2.45) is 0 Å². The third-order valence-electron chi connectivity index (χ3n) is 5.21. The average molecular weight is 446 g/mol. The van der Waals surface area contributed by atoms with Crippen LogP contribution in [0.5, 0.6) is 0 Å². The van der Waals surface area contributed by atoms with Crippen LogP contribution in [-0.4, -0.2) is 60.2 Å². The van der Waals surface area contributed by atoms with Crippen LogP contribution in [0.4, 0.5) is 0 Å². The van der Waals surface area contributed by atoms with Crippen molar-refractivity contribution in [2.45, 2.75) is 13.1 Å². The van der Waals surface area contributed by atoms with Crippen LogP contribution in [0.1, 0.15) is 16.1 Å². The largest absolute Gasteiger partial charge is 0.448 e. The van der Waals surface area contributed by atoms with Gasteiger partial charge in [-0.25, -0.2) is 0 Å². The van der Waals surface area contributed by atoms with Crippen LogP contribution in [0, 0.1) is 0 Å². The number of piperazine rings is 1. The number of furan rings is 1. The van der Waals surface area contributed by atoms with E-state index < -0.39 is 0 Å². The van der Waals surface area contributed by atoms with Gasteiger partial charge in [0.2, 0.25) is 0 Å². The molecular formula is C21H24BrN3O3. The minimum absolute atomic E-state index is 0.0537. The molecule has 1 saturated heterocycles. The second-order valence-corrected chi connectivity index (χ2v) is 7.81. The molecule has 0 aliphatic carbocycles. The molecule has 0 N–H and O–H groups in total. The van der Waals surface area contributed by atoms with E-state index in [0.29, 0.717) is 29.1 Å². The van der Waals surface area contributed by atoms with Gasteiger partial charge in [0.15, 0.2) is 10.3 Å². The van der Waals surface area contributed by atoms with E-state index in [1.807, 2.05) is 27.7 Å². The standard InChI is InChI=1S/C21H24BrN3O3/c1-27-12-11-25-17-14-20(22)28-19(17)13-18(25)21(26)24-9-7-23(8-10-24)15-16-5-3-2-4-6-16/h2-6,13-14H,7-12,15H2,1H3. The van der Waals surface area contributed by atoms with Crippen molar-refractivity contribution in [3.63, 3.8) is 0 Å². The molecule has 1 amide bonds. The first-order valence-corrected chi connectivity index (χ1v) is 10.3. The van der Waals surface area contributed by atoms with Crippen LogP contribution in [0.25, 0.3) is 11.1 Å². The second-order valence-electron chi connectivity index (χ2n) is 7.03. The average Bonchev–Trinajstić information content (AvgIpc) is 3.23. The van der Waals surface area contributed by atoms with E-state index in [4.69, 9.17) is 9.15 Å². The first-order chi connectivity index (χ1) is 13.7. The Morgan fingerprint density at radius 1 is 1.14 bits per heavy atom. The Bertz CT molecular complexity index is 943. The van der Waals surface area contributed by atoms with Crippen molar-refractivity contribution in [1.29, 1.82) is 0 Å². The van der Waals surface area contributed by atoms with E-state index in [0.717, 1.165) is 38.2 Å². The quantitative estimate of drug-likeness (QED) is 0.581. The smallest absolute Gasteiger partial charge is 0.270 e. The summed E-state index contributed by atoms with van der Waals surface area (Å²) in [7, 11) is 1.67. The van der Waals surface area contributed by atoms with E-state index in [-0.39, 0.29) is 5.91 Å². The van der Waals surface area contributed by atoms with Gasteiger partial charge in [0, 0.05) is 58.5 Å². The van der Waals surface area contributed by atoms with Crippen LogP contribution < -0.4 is 0 Å². The third kappa shape index (κ3) is 4.01. The maximum absolute atomic E-state index is 13.2. The third-order valence-corrected chi connectivity index (χ3v) is 5.60. The van der Waals surface area contributed by atoms with Gasteiger partial charge in [-0.05, 0) is 21.5 Å². The number of methoxy groups -OCH3 is 1. The number of halogens is 1. The summed E-state index contributed by atoms with van der Waals surface area (Å²) in [6.07, 6.45) is 0. The molecule has 0 radical (unpaired) electrons. The van der Waals surface area contributed by atoms with Crippen molar-refractivity contribution >= 4 is 32.9 Å². The molecule has 1 fully saturated rings. The van der Waals surface area contributed by atoms with Crippen LogP contribution in [-0.2, 0) is 17.8 Å². The molecule has 0 unspecified atom stereocenters. The van der Waals surface area contributed by atoms with Gasteiger partial charge in [-0.1, -0.05) is 30.3 Å². The monoisotopic (exact) mass is 445 g/mol. The molecule has 3 heterocycles. The fourth-order valence-corrected chi connectivity index (χ4v) is 4.12. The number of rotatable bonds is 6. The maximum Gasteiger partial charge on any atom is 0.270 e. The van der Waals surface area contributed by atoms with Crippen LogP contribution in [0.2, 0.25) is 0 Å². The molecule has 28 heavy (non-hydrogen) atoms.